The molecule has 0 aliphatic rings. The predicted molar refractivity (Wildman–Crippen MR) is 77.7 cm³/mol. The van der Waals surface area contributed by atoms with Crippen LogP contribution in [0.3, 0.4) is 0 Å². The minimum atomic E-state index is 0.241. The molecule has 1 aromatic carbocycles. The van der Waals surface area contributed by atoms with E-state index in [-0.39, 0.29) is 5.92 Å². The van der Waals surface area contributed by atoms with Crippen LogP contribution in [0.15, 0.2) is 36.5 Å². The maximum absolute atomic E-state index is 4.28. The quantitative estimate of drug-likeness (QED) is 0.739. The van der Waals surface area contributed by atoms with E-state index in [1.807, 2.05) is 36.0 Å². The number of rotatable bonds is 4. The fourth-order valence-corrected chi connectivity index (χ4v) is 2.67. The van der Waals surface area contributed by atoms with Crippen molar-refractivity contribution in [3.05, 3.63) is 58.4 Å². The minimum Gasteiger partial charge on any atom is -0.247 e. The van der Waals surface area contributed by atoms with Crippen LogP contribution in [0.25, 0.3) is 0 Å². The molecule has 3 aromatic rings. The number of hydrogen-bond donors (Lipinski definition) is 0. The molecule has 2 heterocycles. The molecular weight excluding hydrogens is 270 g/mol. The highest BCUT2D eigenvalue weighted by molar-refractivity contribution is 7.05. The molecule has 0 fully saturated rings. The van der Waals surface area contributed by atoms with Gasteiger partial charge in [0, 0.05) is 12.1 Å². The molecule has 0 saturated carbocycles. The van der Waals surface area contributed by atoms with Crippen molar-refractivity contribution in [2.75, 3.05) is 0 Å². The molecule has 0 N–H and O–H groups in total. The van der Waals surface area contributed by atoms with Gasteiger partial charge in [-0.3, -0.25) is 0 Å². The van der Waals surface area contributed by atoms with Gasteiger partial charge >= 0.3 is 0 Å². The fraction of sp³-hybridized carbons (Fsp3) is 0.286. The summed E-state index contributed by atoms with van der Waals surface area (Å²) in [6.45, 7) is 4.78. The largest absolute Gasteiger partial charge is 0.247 e. The van der Waals surface area contributed by atoms with E-state index < -0.39 is 0 Å². The molecule has 2 aromatic heterocycles. The van der Waals surface area contributed by atoms with Crippen LogP contribution in [0, 0.1) is 6.92 Å². The van der Waals surface area contributed by atoms with Crippen molar-refractivity contribution < 1.29 is 0 Å². The van der Waals surface area contributed by atoms with Crippen LogP contribution in [-0.4, -0.2) is 24.6 Å². The van der Waals surface area contributed by atoms with Crippen LogP contribution in [0.4, 0.5) is 0 Å². The molecule has 0 aliphatic heterocycles. The lowest BCUT2D eigenvalue weighted by Gasteiger charge is -2.07. The highest BCUT2D eigenvalue weighted by atomic mass is 32.1. The van der Waals surface area contributed by atoms with E-state index in [2.05, 4.69) is 39.0 Å². The van der Waals surface area contributed by atoms with Gasteiger partial charge in [-0.2, -0.15) is 0 Å². The molecular formula is C14H15N5S. The van der Waals surface area contributed by atoms with E-state index in [0.29, 0.717) is 6.54 Å². The summed E-state index contributed by atoms with van der Waals surface area (Å²) in [7, 11) is 0. The van der Waals surface area contributed by atoms with Crippen molar-refractivity contribution in [3.63, 3.8) is 0 Å². The van der Waals surface area contributed by atoms with Gasteiger partial charge in [-0.25, -0.2) is 4.68 Å². The summed E-state index contributed by atoms with van der Waals surface area (Å²) in [5.41, 5.74) is 3.18. The molecule has 0 bridgehead atoms. The Bertz CT molecular complexity index is 688. The van der Waals surface area contributed by atoms with Crippen LogP contribution >= 0.6 is 11.5 Å². The fourth-order valence-electron chi connectivity index (χ4n) is 2.04. The van der Waals surface area contributed by atoms with Gasteiger partial charge in [-0.05, 0) is 24.0 Å². The van der Waals surface area contributed by atoms with Crippen LogP contribution in [0.5, 0.6) is 0 Å². The highest BCUT2D eigenvalue weighted by Gasteiger charge is 2.13. The first-order valence-corrected chi connectivity index (χ1v) is 7.24. The van der Waals surface area contributed by atoms with Gasteiger partial charge in [0.05, 0.1) is 22.8 Å². The summed E-state index contributed by atoms with van der Waals surface area (Å²) in [5, 5.41) is 12.5. The first kappa shape index (κ1) is 12.9. The van der Waals surface area contributed by atoms with Crippen LogP contribution in [-0.2, 0) is 6.54 Å². The number of aromatic nitrogens is 5. The highest BCUT2D eigenvalue weighted by Crippen LogP contribution is 2.21. The number of nitrogens with zero attached hydrogens (tertiary/aromatic N) is 5. The van der Waals surface area contributed by atoms with E-state index in [9.17, 15) is 0 Å². The SMILES string of the molecule is Cc1nnsc1Cn1cc([C@@H](C)c2ccccc2)nn1. The summed E-state index contributed by atoms with van der Waals surface area (Å²) in [6, 6.07) is 10.3. The van der Waals surface area contributed by atoms with Gasteiger partial charge in [-0.1, -0.05) is 47.0 Å². The second-order valence-electron chi connectivity index (χ2n) is 4.75. The molecule has 0 unspecified atom stereocenters. The van der Waals surface area contributed by atoms with E-state index in [1.165, 1.54) is 17.1 Å². The zero-order valence-corrected chi connectivity index (χ0v) is 12.2. The molecule has 0 spiro atoms. The van der Waals surface area contributed by atoms with Gasteiger partial charge in [0.2, 0.25) is 0 Å². The molecule has 0 aliphatic carbocycles. The van der Waals surface area contributed by atoms with Crippen molar-refractivity contribution in [2.45, 2.75) is 26.3 Å². The van der Waals surface area contributed by atoms with Crippen LogP contribution < -0.4 is 0 Å². The van der Waals surface area contributed by atoms with Gasteiger partial charge in [0.25, 0.3) is 0 Å². The lowest BCUT2D eigenvalue weighted by Crippen LogP contribution is -2.00. The molecule has 6 heteroatoms. The zero-order chi connectivity index (χ0) is 13.9. The lowest BCUT2D eigenvalue weighted by molar-refractivity contribution is 0.652. The molecule has 0 amide bonds. The van der Waals surface area contributed by atoms with Crippen molar-refractivity contribution >= 4 is 11.5 Å². The molecule has 1 atom stereocenters. The monoisotopic (exact) mass is 285 g/mol. The smallest absolute Gasteiger partial charge is 0.0899 e. The molecule has 5 nitrogen and oxygen atoms in total. The van der Waals surface area contributed by atoms with Crippen LogP contribution in [0.2, 0.25) is 0 Å². The Hall–Kier alpha value is -2.08. The van der Waals surface area contributed by atoms with E-state index in [4.69, 9.17) is 0 Å². The molecule has 20 heavy (non-hydrogen) atoms. The first-order chi connectivity index (χ1) is 9.74. The molecule has 3 rings (SSSR count). The summed E-state index contributed by atoms with van der Waals surface area (Å²) in [5.74, 6) is 0.241. The topological polar surface area (TPSA) is 56.5 Å². The summed E-state index contributed by atoms with van der Waals surface area (Å²) in [4.78, 5) is 1.12. The third-order valence-corrected chi connectivity index (χ3v) is 4.16. The van der Waals surface area contributed by atoms with Crippen LogP contribution in [0.1, 0.15) is 34.7 Å². The number of benzene rings is 1. The maximum atomic E-state index is 4.28. The minimum absolute atomic E-state index is 0.241. The van der Waals surface area contributed by atoms with E-state index in [0.717, 1.165) is 16.3 Å². The summed E-state index contributed by atoms with van der Waals surface area (Å²) >= 11 is 1.41. The molecule has 0 saturated heterocycles. The number of aryl methyl sites for hydroxylation is 1. The standard InChI is InChI=1S/C14H15N5S/c1-10(12-6-4-3-5-7-12)13-8-19(17-16-13)9-14-11(2)15-18-20-14/h3-8,10H,9H2,1-2H3/t10-/m0/s1. The van der Waals surface area contributed by atoms with Crippen molar-refractivity contribution in [1.29, 1.82) is 0 Å². The van der Waals surface area contributed by atoms with Gasteiger partial charge in [-0.15, -0.1) is 10.2 Å². The van der Waals surface area contributed by atoms with Crippen molar-refractivity contribution in [1.82, 2.24) is 24.6 Å². The third kappa shape index (κ3) is 2.60. The Morgan fingerprint density at radius 3 is 2.70 bits per heavy atom. The predicted octanol–water partition coefficient (Wildman–Crippen LogP) is 2.64. The Morgan fingerprint density at radius 2 is 2.00 bits per heavy atom. The average Bonchev–Trinajstić information content (AvgIpc) is 3.10. The summed E-state index contributed by atoms with van der Waals surface area (Å²) < 4.78 is 5.78. The summed E-state index contributed by atoms with van der Waals surface area (Å²) in [6.07, 6.45) is 2.00. The zero-order valence-electron chi connectivity index (χ0n) is 11.4. The van der Waals surface area contributed by atoms with Gasteiger partial charge in [0.15, 0.2) is 0 Å². The first-order valence-electron chi connectivity index (χ1n) is 6.47. The van der Waals surface area contributed by atoms with Gasteiger partial charge < -0.3 is 0 Å². The Balaban J connectivity index is 1.79. The van der Waals surface area contributed by atoms with E-state index >= 15 is 0 Å². The lowest BCUT2D eigenvalue weighted by atomic mass is 9.99. The number of hydrogen-bond acceptors (Lipinski definition) is 5. The average molecular weight is 285 g/mol. The molecule has 102 valence electrons. The Labute approximate surface area is 121 Å². The Morgan fingerprint density at radius 1 is 1.20 bits per heavy atom. The second-order valence-corrected chi connectivity index (χ2v) is 5.59. The van der Waals surface area contributed by atoms with Crippen molar-refractivity contribution in [3.8, 4) is 0 Å². The van der Waals surface area contributed by atoms with Crippen molar-refractivity contribution in [2.24, 2.45) is 0 Å². The Kier molecular flexibility index (Phi) is 3.56. The van der Waals surface area contributed by atoms with E-state index in [1.54, 1.807) is 0 Å². The third-order valence-electron chi connectivity index (χ3n) is 3.35. The normalized spacial score (nSPS) is 12.5. The van der Waals surface area contributed by atoms with Gasteiger partial charge in [0.1, 0.15) is 0 Å². The second kappa shape index (κ2) is 5.50. The maximum Gasteiger partial charge on any atom is 0.0899 e. The molecule has 0 radical (unpaired) electrons.